The predicted octanol–water partition coefficient (Wildman–Crippen LogP) is 2.29. The largest absolute Gasteiger partial charge is 0.341 e. The summed E-state index contributed by atoms with van der Waals surface area (Å²) in [6.45, 7) is 3.81. The molecule has 1 fully saturated rings. The Hall–Kier alpha value is -0.570. The van der Waals surface area contributed by atoms with Gasteiger partial charge in [-0.3, -0.25) is 4.79 Å². The average molecular weight is 226 g/mol. The fourth-order valence-corrected chi connectivity index (χ4v) is 2.37. The van der Waals surface area contributed by atoms with E-state index in [2.05, 4.69) is 0 Å². The third-order valence-corrected chi connectivity index (χ3v) is 3.92. The first-order chi connectivity index (χ1) is 7.49. The first-order valence-electron chi connectivity index (χ1n) is 6.55. The molecule has 0 aromatic rings. The molecule has 16 heavy (non-hydrogen) atoms. The summed E-state index contributed by atoms with van der Waals surface area (Å²) < 4.78 is 0. The molecular weight excluding hydrogens is 200 g/mol. The lowest BCUT2D eigenvalue weighted by Crippen LogP contribution is -2.54. The molecule has 0 radical (unpaired) electrons. The van der Waals surface area contributed by atoms with Crippen molar-refractivity contribution >= 4 is 5.91 Å². The van der Waals surface area contributed by atoms with Crippen LogP contribution in [0, 0.1) is 0 Å². The van der Waals surface area contributed by atoms with E-state index < -0.39 is 5.54 Å². The number of likely N-dealkylation sites (N-methyl/N-ethyl adjacent to an activating group) is 1. The zero-order chi connectivity index (χ0) is 12.2. The zero-order valence-corrected chi connectivity index (χ0v) is 11.0. The molecule has 0 saturated heterocycles. The van der Waals surface area contributed by atoms with Gasteiger partial charge in [-0.05, 0) is 26.2 Å². The Morgan fingerprint density at radius 3 is 2.25 bits per heavy atom. The van der Waals surface area contributed by atoms with Crippen molar-refractivity contribution in [1.82, 2.24) is 4.90 Å². The number of hydrogen-bond acceptors (Lipinski definition) is 2. The van der Waals surface area contributed by atoms with Gasteiger partial charge in [-0.25, -0.2) is 0 Å². The van der Waals surface area contributed by atoms with E-state index in [1.54, 1.807) is 0 Å². The number of amides is 1. The number of nitrogens with zero attached hydrogens (tertiary/aromatic N) is 1. The lowest BCUT2D eigenvalue weighted by Gasteiger charge is -2.33. The van der Waals surface area contributed by atoms with Gasteiger partial charge in [-0.15, -0.1) is 0 Å². The van der Waals surface area contributed by atoms with Crippen LogP contribution in [-0.2, 0) is 4.79 Å². The molecule has 3 nitrogen and oxygen atoms in total. The molecule has 0 aromatic heterocycles. The van der Waals surface area contributed by atoms with Gasteiger partial charge in [0.05, 0.1) is 5.54 Å². The van der Waals surface area contributed by atoms with Gasteiger partial charge in [-0.1, -0.05) is 32.6 Å². The van der Waals surface area contributed by atoms with Gasteiger partial charge in [0.15, 0.2) is 0 Å². The molecule has 1 unspecified atom stereocenters. The molecule has 0 bridgehead atoms. The second-order valence-corrected chi connectivity index (χ2v) is 5.33. The zero-order valence-electron chi connectivity index (χ0n) is 11.0. The standard InChI is InChI=1S/C13H26N2O/c1-4-13(2,14)12(16)15(3)11-9-7-5-6-8-10-11/h11H,4-10,14H2,1-3H3. The van der Waals surface area contributed by atoms with Gasteiger partial charge >= 0.3 is 0 Å². The Labute approximate surface area is 99.4 Å². The van der Waals surface area contributed by atoms with Crippen LogP contribution >= 0.6 is 0 Å². The van der Waals surface area contributed by atoms with E-state index in [0.29, 0.717) is 12.5 Å². The van der Waals surface area contributed by atoms with Gasteiger partial charge in [0.25, 0.3) is 0 Å². The molecule has 1 rings (SSSR count). The minimum absolute atomic E-state index is 0.0990. The second kappa shape index (κ2) is 5.67. The lowest BCUT2D eigenvalue weighted by atomic mass is 9.96. The number of nitrogens with two attached hydrogens (primary N) is 1. The van der Waals surface area contributed by atoms with E-state index in [-0.39, 0.29) is 5.91 Å². The summed E-state index contributed by atoms with van der Waals surface area (Å²) in [5, 5.41) is 0. The quantitative estimate of drug-likeness (QED) is 0.751. The molecule has 0 heterocycles. The van der Waals surface area contributed by atoms with Gasteiger partial charge in [0.2, 0.25) is 5.91 Å². The maximum absolute atomic E-state index is 12.2. The van der Waals surface area contributed by atoms with Crippen molar-refractivity contribution in [3.05, 3.63) is 0 Å². The van der Waals surface area contributed by atoms with Crippen LogP contribution in [0.25, 0.3) is 0 Å². The van der Waals surface area contributed by atoms with Gasteiger partial charge < -0.3 is 10.6 Å². The van der Waals surface area contributed by atoms with E-state index in [1.807, 2.05) is 25.8 Å². The summed E-state index contributed by atoms with van der Waals surface area (Å²) >= 11 is 0. The van der Waals surface area contributed by atoms with E-state index in [1.165, 1.54) is 25.7 Å². The van der Waals surface area contributed by atoms with Crippen molar-refractivity contribution in [3.8, 4) is 0 Å². The molecule has 1 aliphatic rings. The van der Waals surface area contributed by atoms with Crippen LogP contribution in [0.3, 0.4) is 0 Å². The Morgan fingerprint density at radius 2 is 1.81 bits per heavy atom. The maximum atomic E-state index is 12.2. The van der Waals surface area contributed by atoms with E-state index >= 15 is 0 Å². The van der Waals surface area contributed by atoms with Crippen LogP contribution in [0.4, 0.5) is 0 Å². The molecule has 1 aliphatic carbocycles. The Bertz CT molecular complexity index is 230. The van der Waals surface area contributed by atoms with E-state index in [0.717, 1.165) is 12.8 Å². The molecule has 3 heteroatoms. The fraction of sp³-hybridized carbons (Fsp3) is 0.923. The van der Waals surface area contributed by atoms with Crippen LogP contribution in [0.2, 0.25) is 0 Å². The van der Waals surface area contributed by atoms with Crippen LogP contribution in [0.5, 0.6) is 0 Å². The Balaban J connectivity index is 2.61. The van der Waals surface area contributed by atoms with Gasteiger partial charge in [0.1, 0.15) is 0 Å². The Kier molecular flexibility index (Phi) is 4.78. The molecule has 0 aromatic carbocycles. The normalized spacial score (nSPS) is 22.2. The monoisotopic (exact) mass is 226 g/mol. The number of carbonyl (C=O) groups excluding carboxylic acids is 1. The van der Waals surface area contributed by atoms with Crippen molar-refractivity contribution < 1.29 is 4.79 Å². The first-order valence-corrected chi connectivity index (χ1v) is 6.55. The molecule has 94 valence electrons. The smallest absolute Gasteiger partial charge is 0.242 e. The number of rotatable bonds is 3. The summed E-state index contributed by atoms with van der Waals surface area (Å²) in [6, 6.07) is 0.407. The van der Waals surface area contributed by atoms with E-state index in [9.17, 15) is 4.79 Å². The van der Waals surface area contributed by atoms with E-state index in [4.69, 9.17) is 5.73 Å². The van der Waals surface area contributed by atoms with Crippen LogP contribution in [0.15, 0.2) is 0 Å². The van der Waals surface area contributed by atoms with Crippen molar-refractivity contribution in [2.45, 2.75) is 70.4 Å². The Morgan fingerprint density at radius 1 is 1.31 bits per heavy atom. The molecule has 2 N–H and O–H groups in total. The molecular formula is C13H26N2O. The van der Waals surface area contributed by atoms with Gasteiger partial charge in [-0.2, -0.15) is 0 Å². The minimum atomic E-state index is -0.693. The highest BCUT2D eigenvalue weighted by Gasteiger charge is 2.32. The van der Waals surface area contributed by atoms with Crippen LogP contribution < -0.4 is 5.73 Å². The summed E-state index contributed by atoms with van der Waals surface area (Å²) in [7, 11) is 1.92. The summed E-state index contributed by atoms with van der Waals surface area (Å²) in [5.41, 5.74) is 5.32. The second-order valence-electron chi connectivity index (χ2n) is 5.33. The first kappa shape index (κ1) is 13.5. The summed E-state index contributed by atoms with van der Waals surface area (Å²) in [5.74, 6) is 0.0990. The van der Waals surface area contributed by atoms with Crippen molar-refractivity contribution in [3.63, 3.8) is 0 Å². The molecule has 0 aliphatic heterocycles. The van der Waals surface area contributed by atoms with Crippen molar-refractivity contribution in [2.75, 3.05) is 7.05 Å². The molecule has 1 saturated carbocycles. The maximum Gasteiger partial charge on any atom is 0.242 e. The molecule has 1 amide bonds. The third-order valence-electron chi connectivity index (χ3n) is 3.92. The number of hydrogen-bond donors (Lipinski definition) is 1. The summed E-state index contributed by atoms with van der Waals surface area (Å²) in [6.07, 6.45) is 8.09. The van der Waals surface area contributed by atoms with Crippen LogP contribution in [0.1, 0.15) is 58.8 Å². The van der Waals surface area contributed by atoms with Crippen LogP contribution in [-0.4, -0.2) is 29.4 Å². The highest BCUT2D eigenvalue weighted by Crippen LogP contribution is 2.23. The predicted molar refractivity (Wildman–Crippen MR) is 67.1 cm³/mol. The summed E-state index contributed by atoms with van der Waals surface area (Å²) in [4.78, 5) is 14.1. The SMILES string of the molecule is CCC(C)(N)C(=O)N(C)C1CCCCCC1. The van der Waals surface area contributed by atoms with Crippen molar-refractivity contribution in [1.29, 1.82) is 0 Å². The topological polar surface area (TPSA) is 46.3 Å². The fourth-order valence-electron chi connectivity index (χ4n) is 2.37. The van der Waals surface area contributed by atoms with Gasteiger partial charge in [0, 0.05) is 13.1 Å². The average Bonchev–Trinajstić information content (AvgIpc) is 2.55. The molecule has 0 spiro atoms. The minimum Gasteiger partial charge on any atom is -0.341 e. The van der Waals surface area contributed by atoms with Crippen molar-refractivity contribution in [2.24, 2.45) is 5.73 Å². The highest BCUT2D eigenvalue weighted by molar-refractivity contribution is 5.85. The number of carbonyl (C=O) groups is 1. The third kappa shape index (κ3) is 3.21. The lowest BCUT2D eigenvalue weighted by molar-refractivity contribution is -0.137. The highest BCUT2D eigenvalue weighted by atomic mass is 16.2. The molecule has 1 atom stereocenters.